The predicted octanol–water partition coefficient (Wildman–Crippen LogP) is 1.65. The van der Waals surface area contributed by atoms with Gasteiger partial charge in [-0.05, 0) is 18.4 Å². The van der Waals surface area contributed by atoms with Gasteiger partial charge in [-0.2, -0.15) is 0 Å². The lowest BCUT2D eigenvalue weighted by Crippen LogP contribution is -2.45. The molecule has 3 heteroatoms. The Morgan fingerprint density at radius 3 is 2.65 bits per heavy atom. The number of carbonyl (C=O) groups is 1. The van der Waals surface area contributed by atoms with Crippen LogP contribution in [0.1, 0.15) is 31.2 Å². The zero-order valence-corrected chi connectivity index (χ0v) is 9.93. The summed E-state index contributed by atoms with van der Waals surface area (Å²) in [5.74, 6) is 0.00199. The highest BCUT2D eigenvalue weighted by Gasteiger charge is 2.24. The maximum absolute atomic E-state index is 11.8. The van der Waals surface area contributed by atoms with Crippen molar-refractivity contribution in [1.82, 2.24) is 5.32 Å². The van der Waals surface area contributed by atoms with Crippen molar-refractivity contribution in [2.45, 2.75) is 44.2 Å². The third kappa shape index (κ3) is 3.56. The minimum atomic E-state index is -0.372. The number of hydrogen-bond acceptors (Lipinski definition) is 2. The number of aliphatic hydroxyl groups excluding tert-OH is 1. The molecular weight excluding hydrogens is 214 g/mol. The Labute approximate surface area is 102 Å². The molecule has 3 nitrogen and oxygen atoms in total. The van der Waals surface area contributed by atoms with Gasteiger partial charge in [0.1, 0.15) is 0 Å². The largest absolute Gasteiger partial charge is 0.391 e. The fraction of sp³-hybridized carbons (Fsp3) is 0.500. The van der Waals surface area contributed by atoms with Gasteiger partial charge in [0, 0.05) is 0 Å². The van der Waals surface area contributed by atoms with Crippen molar-refractivity contribution in [3.63, 3.8) is 0 Å². The molecule has 0 radical (unpaired) electrons. The highest BCUT2D eigenvalue weighted by Crippen LogP contribution is 2.18. The van der Waals surface area contributed by atoms with E-state index in [4.69, 9.17) is 0 Å². The molecule has 2 rings (SSSR count). The molecule has 1 saturated carbocycles. The number of rotatable bonds is 3. The van der Waals surface area contributed by atoms with Crippen LogP contribution in [0.5, 0.6) is 0 Å². The van der Waals surface area contributed by atoms with Crippen LogP contribution in [0, 0.1) is 0 Å². The normalized spacial score (nSPS) is 24.3. The predicted molar refractivity (Wildman–Crippen MR) is 66.6 cm³/mol. The van der Waals surface area contributed by atoms with E-state index in [-0.39, 0.29) is 18.1 Å². The van der Waals surface area contributed by atoms with E-state index in [9.17, 15) is 9.90 Å². The first-order valence-corrected chi connectivity index (χ1v) is 6.27. The molecule has 0 spiro atoms. The number of amides is 1. The van der Waals surface area contributed by atoms with Crippen LogP contribution in [0.25, 0.3) is 0 Å². The highest BCUT2D eigenvalue weighted by molar-refractivity contribution is 5.78. The molecule has 1 amide bonds. The first-order chi connectivity index (χ1) is 8.25. The maximum Gasteiger partial charge on any atom is 0.224 e. The maximum atomic E-state index is 11.8. The fourth-order valence-corrected chi connectivity index (χ4v) is 2.32. The lowest BCUT2D eigenvalue weighted by Gasteiger charge is -2.28. The van der Waals surface area contributed by atoms with E-state index in [1.54, 1.807) is 0 Å². The molecule has 0 aromatic heterocycles. The van der Waals surface area contributed by atoms with Gasteiger partial charge in [-0.25, -0.2) is 0 Å². The highest BCUT2D eigenvalue weighted by atomic mass is 16.3. The Kier molecular flexibility index (Phi) is 4.15. The second-order valence-corrected chi connectivity index (χ2v) is 4.69. The summed E-state index contributed by atoms with van der Waals surface area (Å²) in [6.07, 6.45) is 3.87. The number of aliphatic hydroxyl groups is 1. The van der Waals surface area contributed by atoms with Gasteiger partial charge in [-0.1, -0.05) is 43.2 Å². The van der Waals surface area contributed by atoms with Gasteiger partial charge in [-0.15, -0.1) is 0 Å². The van der Waals surface area contributed by atoms with Gasteiger partial charge < -0.3 is 10.4 Å². The van der Waals surface area contributed by atoms with E-state index in [0.29, 0.717) is 6.42 Å². The molecule has 1 aliphatic rings. The average molecular weight is 233 g/mol. The lowest BCUT2D eigenvalue weighted by molar-refractivity contribution is -0.122. The molecule has 0 saturated heterocycles. The molecule has 0 aliphatic heterocycles. The Hall–Kier alpha value is -1.35. The van der Waals surface area contributed by atoms with Crippen molar-refractivity contribution >= 4 is 5.91 Å². The second-order valence-electron chi connectivity index (χ2n) is 4.69. The van der Waals surface area contributed by atoms with Crippen molar-refractivity contribution in [1.29, 1.82) is 0 Å². The summed E-state index contributed by atoms with van der Waals surface area (Å²) in [5, 5.41) is 12.7. The van der Waals surface area contributed by atoms with Crippen molar-refractivity contribution < 1.29 is 9.90 Å². The monoisotopic (exact) mass is 233 g/mol. The van der Waals surface area contributed by atoms with Gasteiger partial charge in [0.25, 0.3) is 0 Å². The van der Waals surface area contributed by atoms with E-state index in [0.717, 1.165) is 31.2 Å². The summed E-state index contributed by atoms with van der Waals surface area (Å²) in [6.45, 7) is 0. The van der Waals surface area contributed by atoms with E-state index in [1.165, 1.54) is 0 Å². The Balaban J connectivity index is 1.84. The molecule has 0 unspecified atom stereocenters. The minimum Gasteiger partial charge on any atom is -0.391 e. The van der Waals surface area contributed by atoms with Gasteiger partial charge >= 0.3 is 0 Å². The van der Waals surface area contributed by atoms with Crippen molar-refractivity contribution in [2.24, 2.45) is 0 Å². The summed E-state index contributed by atoms with van der Waals surface area (Å²) in [6, 6.07) is 9.62. The molecule has 1 fully saturated rings. The number of carbonyl (C=O) groups excluding carboxylic acids is 1. The lowest BCUT2D eigenvalue weighted by atomic mass is 9.92. The van der Waals surface area contributed by atoms with Crippen molar-refractivity contribution in [3.05, 3.63) is 35.9 Å². The van der Waals surface area contributed by atoms with Crippen LogP contribution in [0.15, 0.2) is 30.3 Å². The van der Waals surface area contributed by atoms with Crippen LogP contribution < -0.4 is 5.32 Å². The van der Waals surface area contributed by atoms with Crippen LogP contribution in [0.2, 0.25) is 0 Å². The summed E-state index contributed by atoms with van der Waals surface area (Å²) in [7, 11) is 0. The quantitative estimate of drug-likeness (QED) is 0.834. The van der Waals surface area contributed by atoms with E-state index >= 15 is 0 Å². The molecule has 1 aromatic rings. The summed E-state index contributed by atoms with van der Waals surface area (Å²) >= 11 is 0. The van der Waals surface area contributed by atoms with E-state index in [1.807, 2.05) is 30.3 Å². The third-order valence-corrected chi connectivity index (χ3v) is 3.28. The molecule has 2 N–H and O–H groups in total. The molecule has 1 aliphatic carbocycles. The average Bonchev–Trinajstić information content (AvgIpc) is 2.33. The standard InChI is InChI=1S/C14H19NO2/c16-13-9-5-4-8-12(13)15-14(17)10-11-6-2-1-3-7-11/h1-3,6-7,12-13,16H,4-5,8-10H2,(H,15,17)/t12-,13+/m0/s1. The van der Waals surface area contributed by atoms with Gasteiger partial charge in [0.05, 0.1) is 18.6 Å². The number of hydrogen-bond donors (Lipinski definition) is 2. The molecule has 17 heavy (non-hydrogen) atoms. The van der Waals surface area contributed by atoms with Gasteiger partial charge in [0.15, 0.2) is 0 Å². The third-order valence-electron chi connectivity index (χ3n) is 3.28. The molecule has 2 atom stereocenters. The summed E-state index contributed by atoms with van der Waals surface area (Å²) in [4.78, 5) is 11.8. The second kappa shape index (κ2) is 5.82. The van der Waals surface area contributed by atoms with Crippen LogP contribution in [-0.2, 0) is 11.2 Å². The van der Waals surface area contributed by atoms with E-state index in [2.05, 4.69) is 5.32 Å². The Bertz CT molecular complexity index is 364. The molecular formula is C14H19NO2. The minimum absolute atomic E-state index is 0.00199. The molecule has 92 valence electrons. The van der Waals surface area contributed by atoms with Crippen LogP contribution in [0.4, 0.5) is 0 Å². The summed E-state index contributed by atoms with van der Waals surface area (Å²) in [5.41, 5.74) is 1.01. The first kappa shape index (κ1) is 12.1. The van der Waals surface area contributed by atoms with Gasteiger partial charge in [0.2, 0.25) is 5.91 Å². The van der Waals surface area contributed by atoms with Crippen LogP contribution >= 0.6 is 0 Å². The first-order valence-electron chi connectivity index (χ1n) is 6.27. The smallest absolute Gasteiger partial charge is 0.224 e. The Morgan fingerprint density at radius 1 is 1.24 bits per heavy atom. The number of benzene rings is 1. The molecule has 0 bridgehead atoms. The Morgan fingerprint density at radius 2 is 1.94 bits per heavy atom. The van der Waals surface area contributed by atoms with E-state index < -0.39 is 0 Å². The molecule has 0 heterocycles. The van der Waals surface area contributed by atoms with Crippen LogP contribution in [0.3, 0.4) is 0 Å². The molecule has 1 aromatic carbocycles. The SMILES string of the molecule is O=C(Cc1ccccc1)N[C@H]1CCCC[C@H]1O. The number of nitrogens with one attached hydrogen (secondary N) is 1. The topological polar surface area (TPSA) is 49.3 Å². The summed E-state index contributed by atoms with van der Waals surface area (Å²) < 4.78 is 0. The zero-order valence-electron chi connectivity index (χ0n) is 9.93. The van der Waals surface area contributed by atoms with Gasteiger partial charge in [-0.3, -0.25) is 4.79 Å². The fourth-order valence-electron chi connectivity index (χ4n) is 2.32. The van der Waals surface area contributed by atoms with Crippen molar-refractivity contribution in [3.8, 4) is 0 Å². The van der Waals surface area contributed by atoms with Crippen molar-refractivity contribution in [2.75, 3.05) is 0 Å². The van der Waals surface area contributed by atoms with Crippen LogP contribution in [-0.4, -0.2) is 23.2 Å². The zero-order chi connectivity index (χ0) is 12.1.